The zero-order valence-electron chi connectivity index (χ0n) is 10.8. The van der Waals surface area contributed by atoms with Crippen LogP contribution in [0.4, 0.5) is 5.69 Å². The summed E-state index contributed by atoms with van der Waals surface area (Å²) in [6.45, 7) is -0.116. The van der Waals surface area contributed by atoms with Crippen LogP contribution in [0.2, 0.25) is 0 Å². The van der Waals surface area contributed by atoms with E-state index in [1.165, 1.54) is 18.2 Å². The molecule has 6 nitrogen and oxygen atoms in total. The molecule has 1 fully saturated rings. The van der Waals surface area contributed by atoms with Crippen molar-refractivity contribution in [3.05, 3.63) is 38.3 Å². The van der Waals surface area contributed by atoms with E-state index in [0.29, 0.717) is 4.47 Å². The molecule has 20 heavy (non-hydrogen) atoms. The number of carbonyl (C=O) groups is 1. The van der Waals surface area contributed by atoms with Gasteiger partial charge in [0.05, 0.1) is 17.1 Å². The molecule has 0 unspecified atom stereocenters. The molecule has 0 aromatic heterocycles. The van der Waals surface area contributed by atoms with Gasteiger partial charge in [-0.2, -0.15) is 0 Å². The molecule has 1 aliphatic rings. The van der Waals surface area contributed by atoms with Crippen LogP contribution in [0.25, 0.3) is 0 Å². The summed E-state index contributed by atoms with van der Waals surface area (Å²) in [6, 6.07) is 4.11. The van der Waals surface area contributed by atoms with Gasteiger partial charge in [-0.05, 0) is 18.9 Å². The lowest BCUT2D eigenvalue weighted by molar-refractivity contribution is -0.385. The van der Waals surface area contributed by atoms with Crippen molar-refractivity contribution >= 4 is 27.5 Å². The number of rotatable bonds is 4. The van der Waals surface area contributed by atoms with E-state index in [1.807, 2.05) is 0 Å². The fourth-order valence-corrected chi connectivity index (χ4v) is 2.98. The normalized spacial score (nSPS) is 16.9. The van der Waals surface area contributed by atoms with Crippen LogP contribution < -0.4 is 5.32 Å². The highest BCUT2D eigenvalue weighted by atomic mass is 79.9. The monoisotopic (exact) mass is 342 g/mol. The lowest BCUT2D eigenvalue weighted by atomic mass is 9.98. The minimum Gasteiger partial charge on any atom is -0.394 e. The number of aliphatic hydroxyl groups excluding tert-OH is 1. The van der Waals surface area contributed by atoms with Crippen molar-refractivity contribution in [3.63, 3.8) is 0 Å². The quantitative estimate of drug-likeness (QED) is 0.649. The Morgan fingerprint density at radius 1 is 1.40 bits per heavy atom. The number of carbonyl (C=O) groups excluding carboxylic acids is 1. The Morgan fingerprint density at radius 2 is 2.05 bits per heavy atom. The van der Waals surface area contributed by atoms with Gasteiger partial charge in [-0.3, -0.25) is 14.9 Å². The third-order valence-electron chi connectivity index (χ3n) is 3.60. The van der Waals surface area contributed by atoms with E-state index >= 15 is 0 Å². The van der Waals surface area contributed by atoms with Gasteiger partial charge in [0.15, 0.2) is 0 Å². The summed E-state index contributed by atoms with van der Waals surface area (Å²) in [7, 11) is 0. The van der Waals surface area contributed by atoms with Gasteiger partial charge >= 0.3 is 0 Å². The van der Waals surface area contributed by atoms with Crippen LogP contribution in [0, 0.1) is 10.1 Å². The molecule has 0 aliphatic heterocycles. The largest absolute Gasteiger partial charge is 0.394 e. The predicted octanol–water partition coefficient (Wildman–Crippen LogP) is 2.39. The average molecular weight is 343 g/mol. The molecule has 0 saturated heterocycles. The average Bonchev–Trinajstić information content (AvgIpc) is 2.87. The van der Waals surface area contributed by atoms with Gasteiger partial charge in [-0.15, -0.1) is 0 Å². The SMILES string of the molecule is O=C(NC1(CO)CCCC1)c1cc(Br)cc([N+](=O)[O-])c1. The summed E-state index contributed by atoms with van der Waals surface area (Å²) < 4.78 is 0.473. The first kappa shape index (κ1) is 14.9. The van der Waals surface area contributed by atoms with E-state index < -0.39 is 16.4 Å². The van der Waals surface area contributed by atoms with Crippen molar-refractivity contribution in [2.45, 2.75) is 31.2 Å². The highest BCUT2D eigenvalue weighted by Gasteiger charge is 2.35. The number of hydrogen-bond donors (Lipinski definition) is 2. The van der Waals surface area contributed by atoms with Crippen LogP contribution in [0.1, 0.15) is 36.0 Å². The molecule has 0 spiro atoms. The van der Waals surface area contributed by atoms with E-state index in [4.69, 9.17) is 0 Å². The van der Waals surface area contributed by atoms with Crippen LogP contribution in [-0.4, -0.2) is 28.1 Å². The Balaban J connectivity index is 2.22. The van der Waals surface area contributed by atoms with Crippen LogP contribution >= 0.6 is 15.9 Å². The standard InChI is InChI=1S/C13H15BrN2O4/c14-10-5-9(6-11(7-10)16(19)20)12(18)15-13(8-17)3-1-2-4-13/h5-7,17H,1-4,8H2,(H,15,18). The van der Waals surface area contributed by atoms with E-state index in [9.17, 15) is 20.0 Å². The molecule has 7 heteroatoms. The van der Waals surface area contributed by atoms with Crippen LogP contribution in [-0.2, 0) is 0 Å². The first-order chi connectivity index (χ1) is 9.46. The Labute approximate surface area is 124 Å². The predicted molar refractivity (Wildman–Crippen MR) is 76.5 cm³/mol. The van der Waals surface area contributed by atoms with E-state index in [2.05, 4.69) is 21.2 Å². The summed E-state index contributed by atoms with van der Waals surface area (Å²) in [4.78, 5) is 22.5. The number of non-ortho nitro benzene ring substituents is 1. The third-order valence-corrected chi connectivity index (χ3v) is 4.06. The summed E-state index contributed by atoms with van der Waals surface area (Å²) in [5.74, 6) is -0.398. The van der Waals surface area contributed by atoms with Gasteiger partial charge in [0.2, 0.25) is 0 Å². The summed E-state index contributed by atoms with van der Waals surface area (Å²) >= 11 is 3.16. The maximum Gasteiger partial charge on any atom is 0.271 e. The van der Waals surface area contributed by atoms with E-state index in [0.717, 1.165) is 25.7 Å². The van der Waals surface area contributed by atoms with Crippen molar-refractivity contribution in [2.75, 3.05) is 6.61 Å². The topological polar surface area (TPSA) is 92.5 Å². The first-order valence-corrected chi connectivity index (χ1v) is 7.13. The number of halogens is 1. The number of nitro groups is 1. The molecule has 1 amide bonds. The molecule has 108 valence electrons. The molecular weight excluding hydrogens is 328 g/mol. The van der Waals surface area contributed by atoms with Gasteiger partial charge in [-0.25, -0.2) is 0 Å². The Kier molecular flexibility index (Phi) is 4.39. The van der Waals surface area contributed by atoms with Crippen LogP contribution in [0.15, 0.2) is 22.7 Å². The minimum atomic E-state index is -0.589. The van der Waals surface area contributed by atoms with Gasteiger partial charge in [0.1, 0.15) is 0 Å². The van der Waals surface area contributed by atoms with Crippen LogP contribution in [0.3, 0.4) is 0 Å². The fourth-order valence-electron chi connectivity index (χ4n) is 2.50. The first-order valence-electron chi connectivity index (χ1n) is 6.34. The molecular formula is C13H15BrN2O4. The molecule has 0 heterocycles. The fraction of sp³-hybridized carbons (Fsp3) is 0.462. The zero-order valence-corrected chi connectivity index (χ0v) is 12.4. The maximum absolute atomic E-state index is 12.2. The van der Waals surface area contributed by atoms with Crippen molar-refractivity contribution in [1.82, 2.24) is 5.32 Å². The molecule has 0 radical (unpaired) electrons. The number of amides is 1. The molecule has 0 atom stereocenters. The minimum absolute atomic E-state index is 0.116. The van der Waals surface area contributed by atoms with E-state index in [-0.39, 0.29) is 17.9 Å². The number of hydrogen-bond acceptors (Lipinski definition) is 4. The summed E-state index contributed by atoms with van der Waals surface area (Å²) in [5, 5.41) is 23.1. The van der Waals surface area contributed by atoms with Gasteiger partial charge in [-0.1, -0.05) is 28.8 Å². The van der Waals surface area contributed by atoms with Crippen LogP contribution in [0.5, 0.6) is 0 Å². The number of nitrogens with zero attached hydrogens (tertiary/aromatic N) is 1. The highest BCUT2D eigenvalue weighted by Crippen LogP contribution is 2.30. The summed E-state index contributed by atoms with van der Waals surface area (Å²) in [5.41, 5.74) is -0.520. The second-order valence-electron chi connectivity index (χ2n) is 5.05. The van der Waals surface area contributed by atoms with Crippen molar-refractivity contribution in [2.24, 2.45) is 0 Å². The molecule has 2 N–H and O–H groups in total. The molecule has 0 bridgehead atoms. The molecule has 2 rings (SSSR count). The molecule has 1 aromatic carbocycles. The number of aliphatic hydroxyl groups is 1. The van der Waals surface area contributed by atoms with Crippen molar-refractivity contribution in [1.29, 1.82) is 0 Å². The zero-order chi connectivity index (χ0) is 14.8. The third kappa shape index (κ3) is 3.16. The lowest BCUT2D eigenvalue weighted by Gasteiger charge is -2.28. The highest BCUT2D eigenvalue weighted by molar-refractivity contribution is 9.10. The lowest BCUT2D eigenvalue weighted by Crippen LogP contribution is -2.49. The van der Waals surface area contributed by atoms with Gasteiger partial charge < -0.3 is 10.4 Å². The van der Waals surface area contributed by atoms with Crippen molar-refractivity contribution < 1.29 is 14.8 Å². The second-order valence-corrected chi connectivity index (χ2v) is 5.97. The number of nitrogens with one attached hydrogen (secondary N) is 1. The molecule has 1 saturated carbocycles. The van der Waals surface area contributed by atoms with Gasteiger partial charge in [0.25, 0.3) is 11.6 Å². The maximum atomic E-state index is 12.2. The summed E-state index contributed by atoms with van der Waals surface area (Å²) in [6.07, 6.45) is 3.37. The van der Waals surface area contributed by atoms with Crippen molar-refractivity contribution in [3.8, 4) is 0 Å². The smallest absolute Gasteiger partial charge is 0.271 e. The second kappa shape index (κ2) is 5.88. The molecule has 1 aromatic rings. The molecule has 1 aliphatic carbocycles. The number of nitro benzene ring substituents is 1. The van der Waals surface area contributed by atoms with Gasteiger partial charge in [0, 0.05) is 22.2 Å². The van der Waals surface area contributed by atoms with E-state index in [1.54, 1.807) is 0 Å². The Bertz CT molecular complexity index is 541. The number of benzene rings is 1. The Hall–Kier alpha value is -1.47. The Morgan fingerprint density at radius 3 is 2.60 bits per heavy atom.